The van der Waals surface area contributed by atoms with Crippen LogP contribution in [-0.4, -0.2) is 40.6 Å². The van der Waals surface area contributed by atoms with Crippen molar-refractivity contribution >= 4 is 12.0 Å². The molecule has 0 aromatic heterocycles. The van der Waals surface area contributed by atoms with Crippen molar-refractivity contribution in [2.45, 2.75) is 32.4 Å². The average molecular weight is 226 g/mol. The highest BCUT2D eigenvalue weighted by atomic mass is 16.4. The molecule has 0 spiro atoms. The Labute approximate surface area is 95.1 Å². The van der Waals surface area contributed by atoms with E-state index in [2.05, 4.69) is 11.9 Å². The zero-order valence-corrected chi connectivity index (χ0v) is 9.64. The van der Waals surface area contributed by atoms with E-state index >= 15 is 0 Å². The lowest BCUT2D eigenvalue weighted by Crippen LogP contribution is -2.46. The molecule has 5 nitrogen and oxygen atoms in total. The number of rotatable bonds is 3. The monoisotopic (exact) mass is 226 g/mol. The van der Waals surface area contributed by atoms with Crippen molar-refractivity contribution in [3.05, 3.63) is 12.7 Å². The molecule has 1 rings (SSSR count). The van der Waals surface area contributed by atoms with E-state index in [9.17, 15) is 9.59 Å². The molecule has 5 heteroatoms. The van der Waals surface area contributed by atoms with Crippen LogP contribution in [0.15, 0.2) is 12.7 Å². The van der Waals surface area contributed by atoms with Crippen LogP contribution in [-0.2, 0) is 4.79 Å². The maximum atomic E-state index is 11.8. The molecule has 0 radical (unpaired) electrons. The van der Waals surface area contributed by atoms with Crippen LogP contribution in [0.1, 0.15) is 20.3 Å². The van der Waals surface area contributed by atoms with Gasteiger partial charge in [0, 0.05) is 18.6 Å². The molecule has 0 saturated carbocycles. The number of hydrogen-bond donors (Lipinski definition) is 2. The van der Waals surface area contributed by atoms with E-state index in [1.807, 2.05) is 6.92 Å². The van der Waals surface area contributed by atoms with Gasteiger partial charge >= 0.3 is 12.0 Å². The number of nitrogens with zero attached hydrogens (tertiary/aromatic N) is 1. The molecule has 0 aromatic carbocycles. The topological polar surface area (TPSA) is 69.6 Å². The van der Waals surface area contributed by atoms with Gasteiger partial charge in [0.1, 0.15) is 0 Å². The SMILES string of the molecule is C=CC(C)NC(=O)N1CCC(C(=O)O)C1C. The first-order chi connectivity index (χ1) is 7.47. The normalized spacial score (nSPS) is 26.2. The summed E-state index contributed by atoms with van der Waals surface area (Å²) in [6.45, 7) is 7.66. The first-order valence-electron chi connectivity index (χ1n) is 5.40. The van der Waals surface area contributed by atoms with Crippen molar-refractivity contribution in [2.75, 3.05) is 6.54 Å². The number of carbonyl (C=O) groups excluding carboxylic acids is 1. The van der Waals surface area contributed by atoms with Crippen LogP contribution in [0.25, 0.3) is 0 Å². The van der Waals surface area contributed by atoms with E-state index in [-0.39, 0.29) is 18.1 Å². The van der Waals surface area contributed by atoms with Gasteiger partial charge in [-0.2, -0.15) is 0 Å². The van der Waals surface area contributed by atoms with Crippen LogP contribution < -0.4 is 5.32 Å². The van der Waals surface area contributed by atoms with Gasteiger partial charge in [0.15, 0.2) is 0 Å². The predicted octanol–water partition coefficient (Wildman–Crippen LogP) is 1.07. The maximum Gasteiger partial charge on any atom is 0.318 e. The number of carboxylic acids is 1. The fraction of sp³-hybridized carbons (Fsp3) is 0.636. The highest BCUT2D eigenvalue weighted by Crippen LogP contribution is 2.24. The lowest BCUT2D eigenvalue weighted by Gasteiger charge is -2.24. The first-order valence-corrected chi connectivity index (χ1v) is 5.40. The first kappa shape index (κ1) is 12.5. The lowest BCUT2D eigenvalue weighted by molar-refractivity contribution is -0.142. The summed E-state index contributed by atoms with van der Waals surface area (Å²) >= 11 is 0. The maximum absolute atomic E-state index is 11.8. The number of urea groups is 1. The molecule has 3 unspecified atom stereocenters. The number of aliphatic carboxylic acids is 1. The van der Waals surface area contributed by atoms with E-state index < -0.39 is 11.9 Å². The highest BCUT2D eigenvalue weighted by molar-refractivity contribution is 5.78. The molecule has 2 amide bonds. The second kappa shape index (κ2) is 5.01. The number of amides is 2. The van der Waals surface area contributed by atoms with Crippen LogP contribution in [0.2, 0.25) is 0 Å². The Morgan fingerprint density at radius 3 is 2.69 bits per heavy atom. The van der Waals surface area contributed by atoms with Crippen LogP contribution >= 0.6 is 0 Å². The standard InChI is InChI=1S/C11H18N2O3/c1-4-7(2)12-11(16)13-6-5-9(8(13)3)10(14)15/h4,7-9H,1,5-6H2,2-3H3,(H,12,16)(H,14,15). The van der Waals surface area contributed by atoms with Crippen molar-refractivity contribution in [2.24, 2.45) is 5.92 Å². The van der Waals surface area contributed by atoms with E-state index in [4.69, 9.17) is 5.11 Å². The second-order valence-electron chi connectivity index (χ2n) is 4.14. The van der Waals surface area contributed by atoms with E-state index in [0.717, 1.165) is 0 Å². The minimum Gasteiger partial charge on any atom is -0.481 e. The Morgan fingerprint density at radius 2 is 2.25 bits per heavy atom. The molecular formula is C11H18N2O3. The lowest BCUT2D eigenvalue weighted by atomic mass is 10.0. The zero-order chi connectivity index (χ0) is 12.3. The third kappa shape index (κ3) is 2.53. The summed E-state index contributed by atoms with van der Waals surface area (Å²) in [5, 5.41) is 11.7. The van der Waals surface area contributed by atoms with Gasteiger partial charge in [-0.25, -0.2) is 4.79 Å². The Morgan fingerprint density at radius 1 is 1.62 bits per heavy atom. The largest absolute Gasteiger partial charge is 0.481 e. The van der Waals surface area contributed by atoms with Crippen molar-refractivity contribution < 1.29 is 14.7 Å². The smallest absolute Gasteiger partial charge is 0.318 e. The quantitative estimate of drug-likeness (QED) is 0.707. The van der Waals surface area contributed by atoms with E-state index in [1.165, 1.54) is 0 Å². The summed E-state index contributed by atoms with van der Waals surface area (Å²) in [5.74, 6) is -1.29. The van der Waals surface area contributed by atoms with Gasteiger partial charge in [0.2, 0.25) is 0 Å². The van der Waals surface area contributed by atoms with Gasteiger partial charge in [-0.05, 0) is 20.3 Å². The predicted molar refractivity (Wildman–Crippen MR) is 60.1 cm³/mol. The number of hydrogen-bond acceptors (Lipinski definition) is 2. The molecular weight excluding hydrogens is 208 g/mol. The van der Waals surface area contributed by atoms with Crippen molar-refractivity contribution in [1.82, 2.24) is 10.2 Å². The van der Waals surface area contributed by atoms with Gasteiger partial charge < -0.3 is 15.3 Å². The Hall–Kier alpha value is -1.52. The number of nitrogens with one attached hydrogen (secondary N) is 1. The molecule has 3 atom stereocenters. The number of likely N-dealkylation sites (tertiary alicyclic amines) is 1. The Kier molecular flexibility index (Phi) is 3.93. The molecule has 0 bridgehead atoms. The Balaban J connectivity index is 2.59. The van der Waals surface area contributed by atoms with Gasteiger partial charge in [-0.1, -0.05) is 6.08 Å². The summed E-state index contributed by atoms with van der Waals surface area (Å²) in [7, 11) is 0. The summed E-state index contributed by atoms with van der Waals surface area (Å²) in [6.07, 6.45) is 2.15. The van der Waals surface area contributed by atoms with Gasteiger partial charge in [-0.3, -0.25) is 4.79 Å². The van der Waals surface area contributed by atoms with Crippen LogP contribution in [0.3, 0.4) is 0 Å². The van der Waals surface area contributed by atoms with Gasteiger partial charge in [0.05, 0.1) is 5.92 Å². The van der Waals surface area contributed by atoms with E-state index in [0.29, 0.717) is 13.0 Å². The molecule has 2 N–H and O–H groups in total. The van der Waals surface area contributed by atoms with Crippen LogP contribution in [0.4, 0.5) is 4.79 Å². The van der Waals surface area contributed by atoms with Crippen molar-refractivity contribution in [3.63, 3.8) is 0 Å². The molecule has 1 fully saturated rings. The zero-order valence-electron chi connectivity index (χ0n) is 9.64. The number of carboxylic acid groups (broad SMARTS) is 1. The fourth-order valence-electron chi connectivity index (χ4n) is 1.89. The van der Waals surface area contributed by atoms with Crippen molar-refractivity contribution in [1.29, 1.82) is 0 Å². The minimum absolute atomic E-state index is 0.108. The van der Waals surface area contributed by atoms with Crippen LogP contribution in [0.5, 0.6) is 0 Å². The van der Waals surface area contributed by atoms with Crippen LogP contribution in [0, 0.1) is 5.92 Å². The average Bonchev–Trinajstić information content (AvgIpc) is 2.59. The van der Waals surface area contributed by atoms with E-state index in [1.54, 1.807) is 17.9 Å². The summed E-state index contributed by atoms with van der Waals surface area (Å²) < 4.78 is 0. The summed E-state index contributed by atoms with van der Waals surface area (Å²) in [6, 6.07) is -0.582. The summed E-state index contributed by atoms with van der Waals surface area (Å²) in [5.41, 5.74) is 0. The summed E-state index contributed by atoms with van der Waals surface area (Å²) in [4.78, 5) is 24.2. The molecule has 0 aromatic rings. The van der Waals surface area contributed by atoms with Crippen molar-refractivity contribution in [3.8, 4) is 0 Å². The Bertz CT molecular complexity index is 304. The molecule has 1 saturated heterocycles. The third-order valence-corrected chi connectivity index (χ3v) is 3.04. The third-order valence-electron chi connectivity index (χ3n) is 3.04. The molecule has 1 aliphatic rings. The van der Waals surface area contributed by atoms with Gasteiger partial charge in [-0.15, -0.1) is 6.58 Å². The highest BCUT2D eigenvalue weighted by Gasteiger charge is 2.38. The fourth-order valence-corrected chi connectivity index (χ4v) is 1.89. The van der Waals surface area contributed by atoms with Gasteiger partial charge in [0.25, 0.3) is 0 Å². The molecule has 16 heavy (non-hydrogen) atoms. The molecule has 0 aliphatic carbocycles. The number of carbonyl (C=O) groups is 2. The molecule has 90 valence electrons. The molecule has 1 aliphatic heterocycles. The second-order valence-corrected chi connectivity index (χ2v) is 4.14. The minimum atomic E-state index is -0.834. The molecule has 1 heterocycles.